The van der Waals surface area contributed by atoms with Crippen molar-refractivity contribution in [1.29, 1.82) is 0 Å². The third-order valence-corrected chi connectivity index (χ3v) is 5.15. The molecule has 1 aliphatic rings. The minimum absolute atomic E-state index is 0.162. The van der Waals surface area contributed by atoms with Gasteiger partial charge in [-0.1, -0.05) is 18.2 Å². The van der Waals surface area contributed by atoms with Crippen molar-refractivity contribution in [3.05, 3.63) is 39.9 Å². The molecule has 1 aromatic carbocycles. The summed E-state index contributed by atoms with van der Waals surface area (Å²) in [7, 11) is -1.56. The topological polar surface area (TPSA) is 92.6 Å². The Morgan fingerprint density at radius 3 is 2.82 bits per heavy atom. The number of para-hydroxylation sites is 1. The summed E-state index contributed by atoms with van der Waals surface area (Å²) < 4.78 is 26.9. The van der Waals surface area contributed by atoms with Crippen LogP contribution < -0.4 is 4.72 Å². The Kier molecular flexibility index (Phi) is 5.49. The van der Waals surface area contributed by atoms with Crippen LogP contribution >= 0.6 is 0 Å². The normalized spacial score (nSPS) is 20.0. The van der Waals surface area contributed by atoms with Crippen LogP contribution in [0.1, 0.15) is 18.4 Å². The van der Waals surface area contributed by atoms with Gasteiger partial charge in [-0.15, -0.1) is 0 Å². The zero-order valence-corrected chi connectivity index (χ0v) is 13.4. The first-order valence-electron chi connectivity index (χ1n) is 7.25. The first kappa shape index (κ1) is 16.9. The highest BCUT2D eigenvalue weighted by molar-refractivity contribution is 7.88. The minimum Gasteiger partial charge on any atom is -0.306 e. The maximum absolute atomic E-state index is 12.2. The molecule has 22 heavy (non-hydrogen) atoms. The summed E-state index contributed by atoms with van der Waals surface area (Å²) in [6, 6.07) is 5.93. The Morgan fingerprint density at radius 2 is 2.14 bits per heavy atom. The molecule has 0 aromatic heterocycles. The van der Waals surface area contributed by atoms with Gasteiger partial charge in [0.15, 0.2) is 0 Å². The number of nitrogens with zero attached hydrogens (tertiary/aromatic N) is 2. The van der Waals surface area contributed by atoms with E-state index < -0.39 is 14.9 Å². The summed E-state index contributed by atoms with van der Waals surface area (Å²) in [6.45, 7) is 2.29. The summed E-state index contributed by atoms with van der Waals surface area (Å²) >= 11 is 0. The monoisotopic (exact) mass is 327 g/mol. The average Bonchev–Trinajstić information content (AvgIpc) is 2.45. The molecule has 2 rings (SSSR count). The number of nitro benzene ring substituents is 1. The summed E-state index contributed by atoms with van der Waals surface area (Å²) in [4.78, 5) is 12.6. The maximum Gasteiger partial charge on any atom is 0.273 e. The van der Waals surface area contributed by atoms with Crippen LogP contribution in [-0.2, 0) is 15.8 Å². The molecule has 0 bridgehead atoms. The van der Waals surface area contributed by atoms with Crippen LogP contribution in [0.15, 0.2) is 24.3 Å². The molecule has 7 nitrogen and oxygen atoms in total. The van der Waals surface area contributed by atoms with Gasteiger partial charge in [0.05, 0.1) is 10.7 Å². The lowest BCUT2D eigenvalue weighted by atomic mass is 9.99. The van der Waals surface area contributed by atoms with Crippen molar-refractivity contribution < 1.29 is 13.3 Å². The number of likely N-dealkylation sites (tertiary alicyclic amines) is 1. The van der Waals surface area contributed by atoms with Gasteiger partial charge in [0.1, 0.15) is 0 Å². The van der Waals surface area contributed by atoms with E-state index in [1.165, 1.54) is 18.2 Å². The molecule has 8 heteroatoms. The molecule has 0 amide bonds. The maximum atomic E-state index is 12.2. The van der Waals surface area contributed by atoms with Gasteiger partial charge in [-0.25, -0.2) is 13.1 Å². The Balaban J connectivity index is 1.98. The molecule has 0 spiro atoms. The fourth-order valence-electron chi connectivity index (χ4n) is 2.75. The van der Waals surface area contributed by atoms with Gasteiger partial charge >= 0.3 is 0 Å². The summed E-state index contributed by atoms with van der Waals surface area (Å²) in [5.41, 5.74) is 0.0473. The quantitative estimate of drug-likeness (QED) is 0.629. The van der Waals surface area contributed by atoms with Crippen molar-refractivity contribution in [3.8, 4) is 0 Å². The van der Waals surface area contributed by atoms with Crippen molar-refractivity contribution in [2.24, 2.45) is 5.92 Å². The first-order valence-corrected chi connectivity index (χ1v) is 8.91. The lowest BCUT2D eigenvalue weighted by Crippen LogP contribution is -2.39. The van der Waals surface area contributed by atoms with Gasteiger partial charge in [0.25, 0.3) is 5.69 Å². The molecule has 1 aromatic rings. The van der Waals surface area contributed by atoms with Crippen LogP contribution in [0.2, 0.25) is 0 Å². The molecule has 1 unspecified atom stereocenters. The SMILES string of the molecule is CN1CCCC(CNS(=O)(=O)Cc2ccccc2[N+](=O)[O-])C1. The van der Waals surface area contributed by atoms with Crippen LogP contribution in [0.25, 0.3) is 0 Å². The van der Waals surface area contributed by atoms with Gasteiger partial charge in [0, 0.05) is 24.7 Å². The second-order valence-corrected chi connectivity index (χ2v) is 7.57. The van der Waals surface area contributed by atoms with Gasteiger partial charge in [-0.3, -0.25) is 10.1 Å². The van der Waals surface area contributed by atoms with E-state index in [1.54, 1.807) is 6.07 Å². The van der Waals surface area contributed by atoms with E-state index in [9.17, 15) is 18.5 Å². The van der Waals surface area contributed by atoms with Crippen molar-refractivity contribution in [3.63, 3.8) is 0 Å². The highest BCUT2D eigenvalue weighted by atomic mass is 32.2. The molecule has 1 fully saturated rings. The number of hydrogen-bond donors (Lipinski definition) is 1. The molecule has 1 N–H and O–H groups in total. The van der Waals surface area contributed by atoms with Crippen LogP contribution in [0.5, 0.6) is 0 Å². The molecule has 1 saturated heterocycles. The molecular formula is C14H21N3O4S. The molecule has 1 heterocycles. The largest absolute Gasteiger partial charge is 0.306 e. The number of sulfonamides is 1. The van der Waals surface area contributed by atoms with Gasteiger partial charge < -0.3 is 4.90 Å². The highest BCUT2D eigenvalue weighted by Gasteiger charge is 2.22. The summed E-state index contributed by atoms with van der Waals surface area (Å²) in [5.74, 6) is -0.0773. The Hall–Kier alpha value is -1.51. The standard InChI is InChI=1S/C14H21N3O4S/c1-16-8-4-5-12(10-16)9-15-22(20,21)11-13-6-2-3-7-14(13)17(18)19/h2-3,6-7,12,15H,4-5,8-11H2,1H3. The van der Waals surface area contributed by atoms with E-state index in [0.717, 1.165) is 25.9 Å². The van der Waals surface area contributed by atoms with E-state index >= 15 is 0 Å². The molecule has 1 aliphatic heterocycles. The fraction of sp³-hybridized carbons (Fsp3) is 0.571. The van der Waals surface area contributed by atoms with E-state index in [-0.39, 0.29) is 17.0 Å². The van der Waals surface area contributed by atoms with E-state index in [0.29, 0.717) is 12.5 Å². The average molecular weight is 327 g/mol. The van der Waals surface area contributed by atoms with Crippen molar-refractivity contribution in [2.75, 3.05) is 26.7 Å². The molecule has 122 valence electrons. The number of nitrogens with one attached hydrogen (secondary N) is 1. The predicted molar refractivity (Wildman–Crippen MR) is 83.9 cm³/mol. The minimum atomic E-state index is -3.58. The van der Waals surface area contributed by atoms with Crippen LogP contribution in [0.4, 0.5) is 5.69 Å². The molecule has 0 aliphatic carbocycles. The number of piperidine rings is 1. The van der Waals surface area contributed by atoms with Crippen LogP contribution in [-0.4, -0.2) is 44.9 Å². The van der Waals surface area contributed by atoms with Gasteiger partial charge in [-0.2, -0.15) is 0 Å². The second-order valence-electron chi connectivity index (χ2n) is 5.76. The van der Waals surface area contributed by atoms with E-state index in [1.807, 2.05) is 7.05 Å². The Labute approximate surface area is 130 Å². The highest BCUT2D eigenvalue weighted by Crippen LogP contribution is 2.20. The van der Waals surface area contributed by atoms with E-state index in [4.69, 9.17) is 0 Å². The molecule has 0 saturated carbocycles. The fourth-order valence-corrected chi connectivity index (χ4v) is 4.00. The number of rotatable bonds is 6. The third kappa shape index (κ3) is 4.75. The van der Waals surface area contributed by atoms with Crippen molar-refractivity contribution in [2.45, 2.75) is 18.6 Å². The van der Waals surface area contributed by atoms with Gasteiger partial charge in [-0.05, 0) is 32.4 Å². The zero-order chi connectivity index (χ0) is 16.2. The lowest BCUT2D eigenvalue weighted by Gasteiger charge is -2.29. The Morgan fingerprint density at radius 1 is 1.41 bits per heavy atom. The third-order valence-electron chi connectivity index (χ3n) is 3.85. The predicted octanol–water partition coefficient (Wildman–Crippen LogP) is 1.36. The van der Waals surface area contributed by atoms with Gasteiger partial charge in [0.2, 0.25) is 10.0 Å². The van der Waals surface area contributed by atoms with Crippen LogP contribution in [0, 0.1) is 16.0 Å². The molecule has 1 atom stereocenters. The van der Waals surface area contributed by atoms with Crippen LogP contribution in [0.3, 0.4) is 0 Å². The Bertz CT molecular complexity index is 633. The summed E-state index contributed by atoms with van der Waals surface area (Å²) in [6.07, 6.45) is 2.06. The lowest BCUT2D eigenvalue weighted by molar-refractivity contribution is -0.385. The van der Waals surface area contributed by atoms with Crippen molar-refractivity contribution >= 4 is 15.7 Å². The second kappa shape index (κ2) is 7.17. The van der Waals surface area contributed by atoms with Crippen molar-refractivity contribution in [1.82, 2.24) is 9.62 Å². The van der Waals surface area contributed by atoms with E-state index in [2.05, 4.69) is 9.62 Å². The molecular weight excluding hydrogens is 306 g/mol. The molecule has 0 radical (unpaired) electrons. The number of benzene rings is 1. The zero-order valence-electron chi connectivity index (χ0n) is 12.6. The first-order chi connectivity index (χ1) is 10.4. The smallest absolute Gasteiger partial charge is 0.273 e. The summed E-state index contributed by atoms with van der Waals surface area (Å²) in [5, 5.41) is 10.9. The number of hydrogen-bond acceptors (Lipinski definition) is 5. The number of nitro groups is 1.